The molecular weight excluding hydrogens is 184 g/mol. The van der Waals surface area contributed by atoms with E-state index in [-0.39, 0.29) is 0 Å². The van der Waals surface area contributed by atoms with Crippen LogP contribution in [0.15, 0.2) is 24.5 Å². The van der Waals surface area contributed by atoms with Crippen molar-refractivity contribution in [1.82, 2.24) is 10.3 Å². The van der Waals surface area contributed by atoms with Crippen LogP contribution in [-0.2, 0) is 0 Å². The van der Waals surface area contributed by atoms with E-state index in [9.17, 15) is 0 Å². The number of nitrogens with zero attached hydrogens (tertiary/aromatic N) is 1. The first-order valence-electron chi connectivity index (χ1n) is 5.37. The van der Waals surface area contributed by atoms with Crippen molar-refractivity contribution < 1.29 is 0 Å². The van der Waals surface area contributed by atoms with Crippen molar-refractivity contribution in [3.8, 4) is 12.3 Å². The predicted molar refractivity (Wildman–Crippen MR) is 63.3 cm³/mol. The van der Waals surface area contributed by atoms with Crippen molar-refractivity contribution >= 4 is 0 Å². The topological polar surface area (TPSA) is 24.9 Å². The third kappa shape index (κ3) is 3.73. The van der Waals surface area contributed by atoms with Gasteiger partial charge in [0, 0.05) is 30.9 Å². The fourth-order valence-electron chi connectivity index (χ4n) is 1.55. The number of hydrogen-bond donors (Lipinski definition) is 1. The van der Waals surface area contributed by atoms with E-state index in [0.29, 0.717) is 12.1 Å². The van der Waals surface area contributed by atoms with Crippen LogP contribution in [0.1, 0.15) is 38.3 Å². The van der Waals surface area contributed by atoms with Gasteiger partial charge < -0.3 is 5.32 Å². The molecule has 0 bridgehead atoms. The summed E-state index contributed by atoms with van der Waals surface area (Å²) in [4.78, 5) is 4.10. The predicted octanol–water partition coefficient (Wildman–Crippen LogP) is 2.53. The number of nitrogens with one attached hydrogen (secondary N) is 1. The lowest BCUT2D eigenvalue weighted by Gasteiger charge is -2.20. The van der Waals surface area contributed by atoms with Gasteiger partial charge in [-0.1, -0.05) is 13.0 Å². The number of terminal acetylenes is 1. The summed E-state index contributed by atoms with van der Waals surface area (Å²) in [6.07, 6.45) is 10.8. The molecule has 0 saturated carbocycles. The second kappa shape index (κ2) is 6.21. The van der Waals surface area contributed by atoms with Gasteiger partial charge in [0.15, 0.2) is 0 Å². The molecule has 1 N–H and O–H groups in total. The van der Waals surface area contributed by atoms with Gasteiger partial charge in [-0.15, -0.1) is 12.3 Å². The third-order valence-corrected chi connectivity index (χ3v) is 2.53. The Kier molecular flexibility index (Phi) is 4.86. The summed E-state index contributed by atoms with van der Waals surface area (Å²) in [6.45, 7) is 4.28. The van der Waals surface area contributed by atoms with Gasteiger partial charge in [0.25, 0.3) is 0 Å². The average Bonchev–Trinajstić information content (AvgIpc) is 2.29. The molecule has 0 aliphatic rings. The van der Waals surface area contributed by atoms with Gasteiger partial charge in [0.2, 0.25) is 0 Å². The zero-order valence-electron chi connectivity index (χ0n) is 9.40. The summed E-state index contributed by atoms with van der Waals surface area (Å²) in [7, 11) is 0. The molecule has 2 unspecified atom stereocenters. The van der Waals surface area contributed by atoms with Gasteiger partial charge in [-0.25, -0.2) is 0 Å². The zero-order valence-corrected chi connectivity index (χ0v) is 9.40. The molecule has 0 saturated heterocycles. The van der Waals surface area contributed by atoms with E-state index in [2.05, 4.69) is 36.1 Å². The summed E-state index contributed by atoms with van der Waals surface area (Å²) < 4.78 is 0. The van der Waals surface area contributed by atoms with E-state index < -0.39 is 0 Å². The SMILES string of the molecule is C#CCC(CC)NC(C)c1cccnc1. The Hall–Kier alpha value is -1.33. The van der Waals surface area contributed by atoms with Gasteiger partial charge in [-0.3, -0.25) is 4.98 Å². The molecule has 1 aromatic rings. The maximum absolute atomic E-state index is 5.32. The molecule has 0 radical (unpaired) electrons. The van der Waals surface area contributed by atoms with Crippen molar-refractivity contribution in [2.24, 2.45) is 0 Å². The highest BCUT2D eigenvalue weighted by Gasteiger charge is 2.10. The van der Waals surface area contributed by atoms with Crippen LogP contribution in [0.25, 0.3) is 0 Å². The summed E-state index contributed by atoms with van der Waals surface area (Å²) >= 11 is 0. The second-order valence-corrected chi connectivity index (χ2v) is 3.69. The van der Waals surface area contributed by atoms with Crippen molar-refractivity contribution in [2.75, 3.05) is 0 Å². The Morgan fingerprint density at radius 3 is 2.93 bits per heavy atom. The largest absolute Gasteiger partial charge is 0.306 e. The lowest BCUT2D eigenvalue weighted by atomic mass is 10.1. The van der Waals surface area contributed by atoms with E-state index in [4.69, 9.17) is 6.42 Å². The fourth-order valence-corrected chi connectivity index (χ4v) is 1.55. The minimum Gasteiger partial charge on any atom is -0.306 e. The number of rotatable bonds is 5. The molecule has 1 heterocycles. The van der Waals surface area contributed by atoms with Gasteiger partial charge in [-0.05, 0) is 25.0 Å². The Bertz CT molecular complexity index is 313. The van der Waals surface area contributed by atoms with E-state index in [1.165, 1.54) is 5.56 Å². The molecule has 2 nitrogen and oxygen atoms in total. The molecule has 2 heteroatoms. The van der Waals surface area contributed by atoms with Crippen molar-refractivity contribution in [3.63, 3.8) is 0 Å². The summed E-state index contributed by atoms with van der Waals surface area (Å²) in [5, 5.41) is 3.50. The zero-order chi connectivity index (χ0) is 11.1. The van der Waals surface area contributed by atoms with Gasteiger partial charge in [-0.2, -0.15) is 0 Å². The Balaban J connectivity index is 2.55. The monoisotopic (exact) mass is 202 g/mol. The van der Waals surface area contributed by atoms with Crippen LogP contribution in [0.3, 0.4) is 0 Å². The van der Waals surface area contributed by atoms with Crippen molar-refractivity contribution in [1.29, 1.82) is 0 Å². The van der Waals surface area contributed by atoms with Crippen LogP contribution in [0.4, 0.5) is 0 Å². The minimum absolute atomic E-state index is 0.303. The van der Waals surface area contributed by atoms with E-state index in [0.717, 1.165) is 12.8 Å². The van der Waals surface area contributed by atoms with Crippen LogP contribution < -0.4 is 5.32 Å². The molecule has 1 rings (SSSR count). The number of pyridine rings is 1. The van der Waals surface area contributed by atoms with E-state index in [1.54, 1.807) is 6.20 Å². The molecular formula is C13H18N2. The molecule has 15 heavy (non-hydrogen) atoms. The summed E-state index contributed by atoms with van der Waals surface area (Å²) in [5.74, 6) is 2.70. The van der Waals surface area contributed by atoms with Crippen LogP contribution >= 0.6 is 0 Å². The van der Waals surface area contributed by atoms with Crippen molar-refractivity contribution in [2.45, 2.75) is 38.8 Å². The Morgan fingerprint density at radius 2 is 2.40 bits per heavy atom. The third-order valence-electron chi connectivity index (χ3n) is 2.53. The quantitative estimate of drug-likeness (QED) is 0.742. The molecule has 1 aromatic heterocycles. The molecule has 2 atom stereocenters. The summed E-state index contributed by atoms with van der Waals surface area (Å²) in [5.41, 5.74) is 1.20. The molecule has 0 amide bonds. The lowest BCUT2D eigenvalue weighted by molar-refractivity contribution is 0.448. The molecule has 0 spiro atoms. The highest BCUT2D eigenvalue weighted by Crippen LogP contribution is 2.12. The Morgan fingerprint density at radius 1 is 1.60 bits per heavy atom. The highest BCUT2D eigenvalue weighted by molar-refractivity contribution is 5.13. The van der Waals surface area contributed by atoms with Gasteiger partial charge >= 0.3 is 0 Å². The molecule has 0 fully saturated rings. The van der Waals surface area contributed by atoms with E-state index >= 15 is 0 Å². The first-order valence-corrected chi connectivity index (χ1v) is 5.37. The van der Waals surface area contributed by atoms with Crippen LogP contribution in [-0.4, -0.2) is 11.0 Å². The first kappa shape index (κ1) is 11.7. The number of hydrogen-bond acceptors (Lipinski definition) is 2. The Labute approximate surface area is 92.1 Å². The standard InChI is InChI=1S/C13H18N2/c1-4-7-13(5-2)15-11(3)12-8-6-9-14-10-12/h1,6,8-11,13,15H,5,7H2,2-3H3. The first-order chi connectivity index (χ1) is 7.27. The minimum atomic E-state index is 0.303. The fraction of sp³-hybridized carbons (Fsp3) is 0.462. The van der Waals surface area contributed by atoms with Crippen LogP contribution in [0, 0.1) is 12.3 Å². The normalized spacial score (nSPS) is 14.2. The average molecular weight is 202 g/mol. The lowest BCUT2D eigenvalue weighted by Crippen LogP contribution is -2.30. The molecule has 0 aliphatic carbocycles. The maximum atomic E-state index is 5.32. The number of aromatic nitrogens is 1. The van der Waals surface area contributed by atoms with Crippen molar-refractivity contribution in [3.05, 3.63) is 30.1 Å². The smallest absolute Gasteiger partial charge is 0.0315 e. The van der Waals surface area contributed by atoms with Gasteiger partial charge in [0.05, 0.1) is 0 Å². The highest BCUT2D eigenvalue weighted by atomic mass is 14.9. The van der Waals surface area contributed by atoms with E-state index in [1.807, 2.05) is 12.3 Å². The van der Waals surface area contributed by atoms with Crippen LogP contribution in [0.2, 0.25) is 0 Å². The second-order valence-electron chi connectivity index (χ2n) is 3.69. The molecule has 0 aliphatic heterocycles. The summed E-state index contributed by atoms with van der Waals surface area (Å²) in [6, 6.07) is 4.73. The van der Waals surface area contributed by atoms with Gasteiger partial charge in [0.1, 0.15) is 0 Å². The molecule has 80 valence electrons. The van der Waals surface area contributed by atoms with Crippen LogP contribution in [0.5, 0.6) is 0 Å². The molecule has 0 aromatic carbocycles. The maximum Gasteiger partial charge on any atom is 0.0315 e.